The van der Waals surface area contributed by atoms with E-state index in [1.807, 2.05) is 20.1 Å². The summed E-state index contributed by atoms with van der Waals surface area (Å²) in [4.78, 5) is 18.5. The molecule has 4 N–H and O–H groups in total. The molecule has 2 atom stereocenters. The second-order valence-electron chi connectivity index (χ2n) is 14.3. The summed E-state index contributed by atoms with van der Waals surface area (Å²) >= 11 is 9.00. The van der Waals surface area contributed by atoms with E-state index in [0.717, 1.165) is 31.0 Å². The molecule has 0 saturated carbocycles. The van der Waals surface area contributed by atoms with Gasteiger partial charge >= 0.3 is 12.4 Å². The number of fused-ring (bicyclic) bond motifs is 1. The Morgan fingerprint density at radius 1 is 1.05 bits per heavy atom. The third-order valence-corrected chi connectivity index (χ3v) is 11.1. The number of aromatic nitrogens is 3. The van der Waals surface area contributed by atoms with Crippen LogP contribution < -0.4 is 15.4 Å². The molecule has 2 heterocycles. The van der Waals surface area contributed by atoms with Crippen LogP contribution in [0.5, 0.6) is 0 Å². The first kappa shape index (κ1) is 46.5. The Hall–Kier alpha value is -4.61. The summed E-state index contributed by atoms with van der Waals surface area (Å²) in [6.07, 6.45) is -8.15. The van der Waals surface area contributed by atoms with Gasteiger partial charge in [-0.3, -0.25) is 14.9 Å². The number of amides is 1. The Morgan fingerprint density at radius 3 is 2.30 bits per heavy atom. The number of pyridine rings is 1. The van der Waals surface area contributed by atoms with Gasteiger partial charge in [0.05, 0.1) is 44.7 Å². The zero-order valence-electron chi connectivity index (χ0n) is 32.2. The molecule has 0 aliphatic heterocycles. The largest absolute Gasteiger partial charge is 0.433 e. The van der Waals surface area contributed by atoms with Crippen LogP contribution in [0.2, 0.25) is 5.02 Å². The smallest absolute Gasteiger partial charge is 0.374 e. The number of thioether (sulfide) groups is 1. The number of carbonyl (C=O) groups excluding carboxylic acids is 1. The van der Waals surface area contributed by atoms with Crippen molar-refractivity contribution < 1.29 is 48.7 Å². The van der Waals surface area contributed by atoms with Crippen molar-refractivity contribution in [3.8, 4) is 23.0 Å². The van der Waals surface area contributed by atoms with E-state index in [1.54, 1.807) is 6.26 Å². The van der Waals surface area contributed by atoms with E-state index >= 15 is 8.78 Å². The molecule has 0 spiro atoms. The number of carbonyl (C=O) groups is 1. The zero-order valence-corrected chi connectivity index (χ0v) is 34.6. The van der Waals surface area contributed by atoms with Gasteiger partial charge in [0.2, 0.25) is 5.91 Å². The predicted octanol–water partition coefficient (Wildman–Crippen LogP) is 10.3. The maximum Gasteiger partial charge on any atom is 0.433 e. The second kappa shape index (κ2) is 17.8. The molecule has 21 heteroatoms. The average Bonchev–Trinajstić information content (AvgIpc) is 3.59. The third-order valence-electron chi connectivity index (χ3n) is 9.28. The quantitative estimate of drug-likeness (QED) is 0.0458. The summed E-state index contributed by atoms with van der Waals surface area (Å²) in [7, 11) is 0. The first-order valence-electron chi connectivity index (χ1n) is 17.7. The monoisotopic (exact) mass is 907 g/mol. The maximum absolute atomic E-state index is 15.1. The first-order valence-corrected chi connectivity index (χ1v) is 20.6. The normalized spacial score (nSPS) is 16.1. The summed E-state index contributed by atoms with van der Waals surface area (Å²) in [6, 6.07) is 6.74. The molecule has 2 aromatic heterocycles. The number of rotatable bonds is 13. The maximum atomic E-state index is 15.1. The lowest BCUT2D eigenvalue weighted by Gasteiger charge is -2.24. The van der Waals surface area contributed by atoms with Gasteiger partial charge in [-0.05, 0) is 74.3 Å². The van der Waals surface area contributed by atoms with Crippen molar-refractivity contribution in [2.75, 3.05) is 23.8 Å². The molecule has 0 radical (unpaired) electrons. The van der Waals surface area contributed by atoms with Crippen LogP contribution in [0, 0.1) is 34.8 Å². The van der Waals surface area contributed by atoms with Gasteiger partial charge in [0, 0.05) is 35.4 Å². The van der Waals surface area contributed by atoms with E-state index in [9.17, 15) is 39.9 Å². The Bertz CT molecular complexity index is 2380. The Morgan fingerprint density at radius 2 is 1.70 bits per heavy atom. The molecule has 0 bridgehead atoms. The van der Waals surface area contributed by atoms with E-state index in [0.29, 0.717) is 10.7 Å². The number of alkyl halides is 8. The second-order valence-corrected chi connectivity index (χ2v) is 16.7. The molecule has 0 fully saturated rings. The van der Waals surface area contributed by atoms with Crippen molar-refractivity contribution in [3.63, 3.8) is 0 Å². The minimum Gasteiger partial charge on any atom is -0.374 e. The van der Waals surface area contributed by atoms with Gasteiger partial charge in [-0.1, -0.05) is 42.5 Å². The number of nitrogens with one attached hydrogen (secondary N) is 4. The van der Waals surface area contributed by atoms with Crippen molar-refractivity contribution in [2.24, 2.45) is 5.92 Å². The van der Waals surface area contributed by atoms with Gasteiger partial charge in [0.1, 0.15) is 29.6 Å². The van der Waals surface area contributed by atoms with E-state index < -0.39 is 95.4 Å². The Balaban J connectivity index is 1.72. The summed E-state index contributed by atoms with van der Waals surface area (Å²) < 4.78 is 145. The molecule has 1 unspecified atom stereocenters. The molecule has 5 rings (SSSR count). The minimum absolute atomic E-state index is 0.0126. The summed E-state index contributed by atoms with van der Waals surface area (Å²) in [6.45, 7) is 2.11. The number of anilines is 1. The predicted molar refractivity (Wildman–Crippen MR) is 214 cm³/mol. The molecule has 1 aliphatic carbocycles. The highest BCUT2D eigenvalue weighted by molar-refractivity contribution is 8.00. The number of benzene rings is 2. The highest BCUT2D eigenvalue weighted by Gasteiger charge is 2.51. The van der Waals surface area contributed by atoms with Crippen molar-refractivity contribution >= 4 is 63.7 Å². The van der Waals surface area contributed by atoms with Crippen LogP contribution in [0.15, 0.2) is 53.7 Å². The molecule has 60 heavy (non-hydrogen) atoms. The SMILES string of the molecule is CSNc1nn(CC(F)(F)F)c2c(-c3ccc(C#CC(C)(C)SC)nc3C(Cc3cc(F)cc(F)c3)NC(=O)CNC3=C(C(=N)C(F)(F)F)[C@@H](C)CC3(F)F)ccc(Cl)c12. The lowest BCUT2D eigenvalue weighted by atomic mass is 9.93. The summed E-state index contributed by atoms with van der Waals surface area (Å²) in [5.41, 5.74) is -4.33. The molecule has 8 nitrogen and oxygen atoms in total. The van der Waals surface area contributed by atoms with Gasteiger partial charge in [0.25, 0.3) is 5.92 Å². The fourth-order valence-electron chi connectivity index (χ4n) is 6.63. The highest BCUT2D eigenvalue weighted by Crippen LogP contribution is 2.45. The van der Waals surface area contributed by atoms with Gasteiger partial charge in [-0.15, -0.1) is 11.8 Å². The fraction of sp³-hybridized carbons (Fsp3) is 0.385. The van der Waals surface area contributed by atoms with Gasteiger partial charge in [-0.25, -0.2) is 13.8 Å². The third kappa shape index (κ3) is 10.8. The lowest BCUT2D eigenvalue weighted by Crippen LogP contribution is -2.40. The summed E-state index contributed by atoms with van der Waals surface area (Å²) in [5, 5.41) is 16.5. The van der Waals surface area contributed by atoms with E-state index in [1.165, 1.54) is 36.0 Å². The minimum atomic E-state index is -5.28. The first-order chi connectivity index (χ1) is 27.8. The van der Waals surface area contributed by atoms with Crippen molar-refractivity contribution in [3.05, 3.63) is 87.3 Å². The van der Waals surface area contributed by atoms with Crippen molar-refractivity contribution in [1.82, 2.24) is 25.4 Å². The summed E-state index contributed by atoms with van der Waals surface area (Å²) in [5.74, 6) is -2.44. The Labute approximate surface area is 351 Å². The molecule has 1 amide bonds. The highest BCUT2D eigenvalue weighted by atomic mass is 35.5. The molecule has 0 saturated heterocycles. The fourth-order valence-corrected chi connectivity index (χ4v) is 7.36. The van der Waals surface area contributed by atoms with E-state index in [2.05, 4.69) is 32.3 Å². The molecule has 4 aromatic rings. The van der Waals surface area contributed by atoms with Crippen LogP contribution in [0.1, 0.15) is 50.2 Å². The lowest BCUT2D eigenvalue weighted by molar-refractivity contribution is -0.141. The molecule has 322 valence electrons. The van der Waals surface area contributed by atoms with E-state index in [4.69, 9.17) is 22.0 Å². The van der Waals surface area contributed by atoms with Crippen molar-refractivity contribution in [1.29, 1.82) is 5.41 Å². The average molecular weight is 908 g/mol. The van der Waals surface area contributed by atoms with E-state index in [-0.39, 0.29) is 49.8 Å². The number of allylic oxidation sites excluding steroid dienone is 2. The van der Waals surface area contributed by atoms with Crippen LogP contribution in [0.3, 0.4) is 0 Å². The molecular formula is C39H36ClF10N7OS2. The molecule has 2 aromatic carbocycles. The van der Waals surface area contributed by atoms with Crippen LogP contribution in [-0.2, 0) is 17.8 Å². The molecular weight excluding hydrogens is 872 g/mol. The van der Waals surface area contributed by atoms with Crippen molar-refractivity contribution in [2.45, 2.75) is 69.2 Å². The topological polar surface area (TPSA) is 108 Å². The molecule has 1 aliphatic rings. The van der Waals surface area contributed by atoms with Crippen LogP contribution in [-0.4, -0.2) is 68.5 Å². The van der Waals surface area contributed by atoms with Gasteiger partial charge in [-0.2, -0.15) is 40.2 Å². The standard InChI is InChI=1S/C39H36ClF10N7OS2/c1-19-16-37(43,44)34(29(19)33(51)39(48,49)50)52-17-28(58)54-27(14-20-12-21(41)15-22(42)13-20)31-24(7-6-23(53-31)10-11-36(2,3)59-4)25-8-9-26(40)30-32(25)57(18-38(45,46)47)55-35(30)56-60-5/h6-9,12-13,15,19,27,51-52H,14,16-18H2,1-5H3,(H,54,58)(H,55,56)/t19-,27?/m0/s1. The van der Waals surface area contributed by atoms with Crippen LogP contribution in [0.25, 0.3) is 22.0 Å². The number of hydrogen-bond acceptors (Lipinski definition) is 8. The van der Waals surface area contributed by atoms with Gasteiger partial charge in [0.15, 0.2) is 5.82 Å². The van der Waals surface area contributed by atoms with Crippen LogP contribution in [0.4, 0.5) is 49.7 Å². The number of halogens is 11. The zero-order chi connectivity index (χ0) is 44.5. The number of nitrogens with zero attached hydrogens (tertiary/aromatic N) is 3. The van der Waals surface area contributed by atoms with Gasteiger partial charge < -0.3 is 15.4 Å². The Kier molecular flexibility index (Phi) is 13.8. The number of hydrogen-bond donors (Lipinski definition) is 4. The van der Waals surface area contributed by atoms with Crippen LogP contribution >= 0.6 is 35.3 Å².